The zero-order valence-corrected chi connectivity index (χ0v) is 8.63. The normalized spacial score (nSPS) is 15.9. The summed E-state index contributed by atoms with van der Waals surface area (Å²) < 4.78 is 0. The first-order valence-electron chi connectivity index (χ1n) is 4.81. The Bertz CT molecular complexity index is 345. The van der Waals surface area contributed by atoms with Crippen LogP contribution in [0.4, 0.5) is 5.69 Å². The summed E-state index contributed by atoms with van der Waals surface area (Å²) in [6, 6.07) is 5.40. The minimum absolute atomic E-state index is 0.691. The molecular formula is C11H12ClNO. The number of anilines is 1. The molecule has 2 rings (SSSR count). The highest BCUT2D eigenvalue weighted by molar-refractivity contribution is 6.33. The van der Waals surface area contributed by atoms with Gasteiger partial charge in [-0.1, -0.05) is 17.7 Å². The van der Waals surface area contributed by atoms with Gasteiger partial charge in [-0.3, -0.25) is 4.79 Å². The lowest BCUT2D eigenvalue weighted by Crippen LogP contribution is -2.18. The first-order valence-corrected chi connectivity index (χ1v) is 5.19. The van der Waals surface area contributed by atoms with E-state index in [-0.39, 0.29) is 0 Å². The van der Waals surface area contributed by atoms with E-state index in [1.807, 2.05) is 6.07 Å². The van der Waals surface area contributed by atoms with Crippen molar-refractivity contribution in [2.75, 3.05) is 18.0 Å². The van der Waals surface area contributed by atoms with Crippen molar-refractivity contribution in [1.82, 2.24) is 0 Å². The summed E-state index contributed by atoms with van der Waals surface area (Å²) in [4.78, 5) is 12.9. The number of carbonyl (C=O) groups excluding carboxylic acids is 1. The second kappa shape index (κ2) is 4.01. The van der Waals surface area contributed by atoms with Crippen LogP contribution in [0.3, 0.4) is 0 Å². The van der Waals surface area contributed by atoms with Crippen LogP contribution >= 0.6 is 11.6 Å². The molecule has 14 heavy (non-hydrogen) atoms. The molecule has 0 amide bonds. The average Bonchev–Trinajstić information content (AvgIpc) is 2.71. The Morgan fingerprint density at radius 1 is 1.29 bits per heavy atom. The highest BCUT2D eigenvalue weighted by atomic mass is 35.5. The molecule has 3 heteroatoms. The zero-order valence-electron chi connectivity index (χ0n) is 7.87. The molecule has 0 aliphatic carbocycles. The Labute approximate surface area is 88.5 Å². The van der Waals surface area contributed by atoms with E-state index in [1.54, 1.807) is 12.1 Å². The van der Waals surface area contributed by atoms with Gasteiger partial charge in [0.05, 0.1) is 10.7 Å². The van der Waals surface area contributed by atoms with Crippen LogP contribution < -0.4 is 4.90 Å². The molecule has 0 radical (unpaired) electrons. The quantitative estimate of drug-likeness (QED) is 0.699. The number of rotatable bonds is 2. The molecule has 1 fully saturated rings. The fraction of sp³-hybridized carbons (Fsp3) is 0.364. The zero-order chi connectivity index (χ0) is 9.97. The van der Waals surface area contributed by atoms with Gasteiger partial charge in [-0.05, 0) is 25.0 Å². The molecule has 1 saturated heterocycles. The first kappa shape index (κ1) is 9.53. The second-order valence-corrected chi connectivity index (χ2v) is 3.93. The van der Waals surface area contributed by atoms with Gasteiger partial charge in [0.1, 0.15) is 6.29 Å². The van der Waals surface area contributed by atoms with Crippen molar-refractivity contribution in [3.8, 4) is 0 Å². The predicted molar refractivity (Wildman–Crippen MR) is 58.3 cm³/mol. The molecule has 0 spiro atoms. The molecule has 0 atom stereocenters. The van der Waals surface area contributed by atoms with Gasteiger partial charge in [0.2, 0.25) is 0 Å². The molecule has 0 aromatic heterocycles. The summed E-state index contributed by atoms with van der Waals surface area (Å²) in [5, 5.41) is 0.734. The van der Waals surface area contributed by atoms with E-state index in [9.17, 15) is 4.79 Å². The molecule has 0 saturated carbocycles. The van der Waals surface area contributed by atoms with Crippen molar-refractivity contribution in [3.63, 3.8) is 0 Å². The number of aldehydes is 1. The summed E-state index contributed by atoms with van der Waals surface area (Å²) in [5.41, 5.74) is 1.69. The average molecular weight is 210 g/mol. The lowest BCUT2D eigenvalue weighted by Gasteiger charge is -2.19. The third-order valence-corrected chi connectivity index (χ3v) is 2.87. The number of halogens is 1. The van der Waals surface area contributed by atoms with Gasteiger partial charge in [-0.25, -0.2) is 0 Å². The van der Waals surface area contributed by atoms with E-state index in [4.69, 9.17) is 11.6 Å². The summed E-state index contributed by atoms with van der Waals surface area (Å²) in [7, 11) is 0. The minimum atomic E-state index is 0.691. The van der Waals surface area contributed by atoms with Crippen molar-refractivity contribution in [3.05, 3.63) is 28.8 Å². The Kier molecular flexibility index (Phi) is 2.73. The van der Waals surface area contributed by atoms with Crippen LogP contribution in [0.25, 0.3) is 0 Å². The maximum Gasteiger partial charge on any atom is 0.150 e. The van der Waals surface area contributed by atoms with Gasteiger partial charge in [0, 0.05) is 18.7 Å². The van der Waals surface area contributed by atoms with Gasteiger partial charge in [-0.15, -0.1) is 0 Å². The first-order chi connectivity index (χ1) is 6.81. The Morgan fingerprint density at radius 2 is 2.00 bits per heavy atom. The van der Waals surface area contributed by atoms with Gasteiger partial charge < -0.3 is 4.90 Å². The van der Waals surface area contributed by atoms with Gasteiger partial charge in [-0.2, -0.15) is 0 Å². The smallest absolute Gasteiger partial charge is 0.150 e. The van der Waals surface area contributed by atoms with Crippen LogP contribution in [0.15, 0.2) is 18.2 Å². The summed E-state index contributed by atoms with van der Waals surface area (Å²) in [6.45, 7) is 2.09. The molecule has 1 aliphatic rings. The molecule has 2 nitrogen and oxygen atoms in total. The topological polar surface area (TPSA) is 20.3 Å². The number of nitrogens with zero attached hydrogens (tertiary/aromatic N) is 1. The van der Waals surface area contributed by atoms with Crippen LogP contribution in [0.2, 0.25) is 5.02 Å². The SMILES string of the molecule is O=Cc1ccc(Cl)c(N2CCCC2)c1. The van der Waals surface area contributed by atoms with E-state index in [1.165, 1.54) is 12.8 Å². The molecule has 0 bridgehead atoms. The fourth-order valence-corrected chi connectivity index (χ4v) is 2.04. The van der Waals surface area contributed by atoms with Crippen LogP contribution in [0.5, 0.6) is 0 Å². The fourth-order valence-electron chi connectivity index (χ4n) is 1.80. The second-order valence-electron chi connectivity index (χ2n) is 3.52. The Hall–Kier alpha value is -1.02. The summed E-state index contributed by atoms with van der Waals surface area (Å²) >= 11 is 6.08. The summed E-state index contributed by atoms with van der Waals surface area (Å²) in [6.07, 6.45) is 3.28. The standard InChI is InChI=1S/C11H12ClNO/c12-10-4-3-9(8-14)7-11(10)13-5-1-2-6-13/h3-4,7-8H,1-2,5-6H2. The molecular weight excluding hydrogens is 198 g/mol. The van der Waals surface area contributed by atoms with E-state index in [0.29, 0.717) is 5.56 Å². The van der Waals surface area contributed by atoms with E-state index in [2.05, 4.69) is 4.90 Å². The van der Waals surface area contributed by atoms with Crippen LogP contribution in [0, 0.1) is 0 Å². The lowest BCUT2D eigenvalue weighted by atomic mass is 10.2. The van der Waals surface area contributed by atoms with Crippen molar-refractivity contribution in [2.45, 2.75) is 12.8 Å². The Morgan fingerprint density at radius 3 is 2.64 bits per heavy atom. The van der Waals surface area contributed by atoms with Gasteiger partial charge in [0.25, 0.3) is 0 Å². The van der Waals surface area contributed by atoms with E-state index < -0.39 is 0 Å². The molecule has 1 aromatic rings. The highest BCUT2D eigenvalue weighted by Gasteiger charge is 2.15. The van der Waals surface area contributed by atoms with Crippen molar-refractivity contribution >= 4 is 23.6 Å². The monoisotopic (exact) mass is 209 g/mol. The number of benzene rings is 1. The van der Waals surface area contributed by atoms with Crippen LogP contribution in [-0.4, -0.2) is 19.4 Å². The number of hydrogen-bond acceptors (Lipinski definition) is 2. The molecule has 1 heterocycles. The van der Waals surface area contributed by atoms with Crippen LogP contribution in [-0.2, 0) is 0 Å². The number of hydrogen-bond donors (Lipinski definition) is 0. The van der Waals surface area contributed by atoms with Gasteiger partial charge >= 0.3 is 0 Å². The largest absolute Gasteiger partial charge is 0.370 e. The van der Waals surface area contributed by atoms with Crippen molar-refractivity contribution in [1.29, 1.82) is 0 Å². The van der Waals surface area contributed by atoms with Crippen molar-refractivity contribution in [2.24, 2.45) is 0 Å². The Balaban J connectivity index is 2.34. The molecule has 0 unspecified atom stereocenters. The maximum absolute atomic E-state index is 10.6. The molecule has 74 valence electrons. The van der Waals surface area contributed by atoms with E-state index >= 15 is 0 Å². The van der Waals surface area contributed by atoms with Crippen LogP contribution in [0.1, 0.15) is 23.2 Å². The molecule has 1 aliphatic heterocycles. The van der Waals surface area contributed by atoms with Crippen molar-refractivity contribution < 1.29 is 4.79 Å². The maximum atomic E-state index is 10.6. The summed E-state index contributed by atoms with van der Waals surface area (Å²) in [5.74, 6) is 0. The number of carbonyl (C=O) groups is 1. The highest BCUT2D eigenvalue weighted by Crippen LogP contribution is 2.29. The third-order valence-electron chi connectivity index (χ3n) is 2.55. The molecule has 0 N–H and O–H groups in total. The minimum Gasteiger partial charge on any atom is -0.370 e. The van der Waals surface area contributed by atoms with E-state index in [0.717, 1.165) is 30.1 Å². The lowest BCUT2D eigenvalue weighted by molar-refractivity contribution is 0.112. The predicted octanol–water partition coefficient (Wildman–Crippen LogP) is 2.75. The third kappa shape index (κ3) is 1.75. The van der Waals surface area contributed by atoms with Gasteiger partial charge in [0.15, 0.2) is 0 Å². The molecule has 1 aromatic carbocycles.